The average Bonchev–Trinajstić information content (AvgIpc) is 3.66. The number of benzene rings is 1. The minimum Gasteiger partial charge on any atom is -0.305 e. The number of fused-ring (bicyclic) bond motifs is 2. The summed E-state index contributed by atoms with van der Waals surface area (Å²) in [4.78, 5) is 61.4. The summed E-state index contributed by atoms with van der Waals surface area (Å²) in [5.41, 5.74) is 3.57. The molecule has 3 aliphatic rings. The Morgan fingerprint density at radius 3 is 2.62 bits per heavy atom. The van der Waals surface area contributed by atoms with Gasteiger partial charge in [-0.05, 0) is 87.7 Å². The van der Waals surface area contributed by atoms with E-state index in [0.29, 0.717) is 41.4 Å². The third-order valence-corrected chi connectivity index (χ3v) is 11.2. The smallest absolute Gasteiger partial charge is 0.305 e. The summed E-state index contributed by atoms with van der Waals surface area (Å²) < 4.78 is 21.1. The number of halogens is 1. The van der Waals surface area contributed by atoms with Crippen LogP contribution < -0.4 is 16.3 Å². The maximum absolute atomic E-state index is 16.1. The molecule has 52 heavy (non-hydrogen) atoms. The Hall–Kier alpha value is -5.24. The summed E-state index contributed by atoms with van der Waals surface area (Å²) in [7, 11) is 1.67. The summed E-state index contributed by atoms with van der Waals surface area (Å²) >= 11 is 0. The van der Waals surface area contributed by atoms with Crippen molar-refractivity contribution in [3.63, 3.8) is 0 Å². The molecule has 8 rings (SSSR count). The van der Waals surface area contributed by atoms with Gasteiger partial charge in [0.25, 0.3) is 5.91 Å². The number of imidazole rings is 1. The molecule has 1 aromatic carbocycles. The SMILES string of the molecule is Cc1cccc(C(=O)Nc2cc3cn([C@H]4CC[C@H](CN5CC[C@@H](c6cccc7c6n(C)c(=O)n7C6CCC(=O)NC6=O)[C@H](F)C5)CC4)nc3cn2)n1. The van der Waals surface area contributed by atoms with Gasteiger partial charge in [0, 0.05) is 49.8 Å². The summed E-state index contributed by atoms with van der Waals surface area (Å²) in [6, 6.07) is 12.2. The van der Waals surface area contributed by atoms with E-state index in [1.54, 1.807) is 31.4 Å². The number of carbonyl (C=O) groups excluding carboxylic acids is 3. The van der Waals surface area contributed by atoms with Crippen molar-refractivity contribution >= 4 is 45.5 Å². The molecule has 5 aromatic rings. The lowest BCUT2D eigenvalue weighted by atomic mass is 9.83. The van der Waals surface area contributed by atoms with Crippen LogP contribution in [0, 0.1) is 12.8 Å². The summed E-state index contributed by atoms with van der Waals surface area (Å²) in [5, 5.41) is 10.9. The number of aryl methyl sites for hydroxylation is 2. The number of hydrogen-bond acceptors (Lipinski definition) is 8. The zero-order valence-corrected chi connectivity index (χ0v) is 29.3. The number of carbonyl (C=O) groups is 3. The number of imide groups is 1. The van der Waals surface area contributed by atoms with E-state index in [1.807, 2.05) is 42.1 Å². The summed E-state index contributed by atoms with van der Waals surface area (Å²) in [5.74, 6) is -0.576. The molecule has 2 aliphatic heterocycles. The highest BCUT2D eigenvalue weighted by molar-refractivity contribution is 6.03. The number of alkyl halides is 1. The van der Waals surface area contributed by atoms with Crippen molar-refractivity contribution in [3.8, 4) is 0 Å². The highest BCUT2D eigenvalue weighted by Crippen LogP contribution is 2.38. The quantitative estimate of drug-likeness (QED) is 0.234. The van der Waals surface area contributed by atoms with E-state index in [-0.39, 0.29) is 42.3 Å². The van der Waals surface area contributed by atoms with Crippen molar-refractivity contribution in [3.05, 3.63) is 82.3 Å². The van der Waals surface area contributed by atoms with Crippen LogP contribution in [0.5, 0.6) is 0 Å². The van der Waals surface area contributed by atoms with Gasteiger partial charge >= 0.3 is 5.69 Å². The Kier molecular flexibility index (Phi) is 8.94. The van der Waals surface area contributed by atoms with Crippen molar-refractivity contribution in [2.75, 3.05) is 25.0 Å². The maximum Gasteiger partial charge on any atom is 0.329 e. The lowest BCUT2D eigenvalue weighted by Crippen LogP contribution is -2.44. The van der Waals surface area contributed by atoms with E-state index in [9.17, 15) is 19.2 Å². The van der Waals surface area contributed by atoms with E-state index in [1.165, 1.54) is 9.13 Å². The standard InChI is InChI=1S/C38H42FN9O4/c1-22-5-3-7-29(41-22)36(50)42-33-17-24-20-47(44-30(24)18-40-33)25-11-9-23(10-12-25)19-46-16-15-26(28(39)21-46)27-6-4-8-31-35(27)45(2)38(52)48(31)32-13-14-34(49)43-37(32)51/h3-8,17-18,20,23,25-26,28,32H,9-16,19,21H2,1-2H3,(H,42,50)(H,43,49,51)/t23-,25-,26-,28+,32?/m0/s1. The molecule has 3 fully saturated rings. The molecule has 14 heteroatoms. The molecule has 1 saturated carbocycles. The third kappa shape index (κ3) is 6.40. The van der Waals surface area contributed by atoms with Crippen molar-refractivity contribution < 1.29 is 18.8 Å². The predicted molar refractivity (Wildman–Crippen MR) is 193 cm³/mol. The van der Waals surface area contributed by atoms with Crippen LogP contribution in [0.25, 0.3) is 21.9 Å². The molecule has 4 aromatic heterocycles. The van der Waals surface area contributed by atoms with Crippen molar-refractivity contribution in [2.24, 2.45) is 13.0 Å². The Bertz CT molecular complexity index is 2250. The number of nitrogens with zero attached hydrogens (tertiary/aromatic N) is 7. The monoisotopic (exact) mass is 707 g/mol. The highest BCUT2D eigenvalue weighted by atomic mass is 19.1. The van der Waals surface area contributed by atoms with E-state index in [2.05, 4.69) is 25.5 Å². The van der Waals surface area contributed by atoms with Crippen LogP contribution in [-0.4, -0.2) is 77.3 Å². The van der Waals surface area contributed by atoms with E-state index >= 15 is 4.39 Å². The van der Waals surface area contributed by atoms with Crippen LogP contribution in [0.2, 0.25) is 0 Å². The van der Waals surface area contributed by atoms with Gasteiger partial charge in [-0.1, -0.05) is 18.2 Å². The Labute approximate surface area is 299 Å². The first-order chi connectivity index (χ1) is 25.1. The number of piperidine rings is 2. The minimum absolute atomic E-state index is 0.167. The van der Waals surface area contributed by atoms with Gasteiger partial charge in [0.2, 0.25) is 11.8 Å². The number of anilines is 1. The maximum atomic E-state index is 16.1. The molecule has 13 nitrogen and oxygen atoms in total. The number of pyridine rings is 2. The lowest BCUT2D eigenvalue weighted by molar-refractivity contribution is -0.135. The molecule has 2 N–H and O–H groups in total. The molecule has 2 saturated heterocycles. The molecular formula is C38H42FN9O4. The van der Waals surface area contributed by atoms with Crippen molar-refractivity contribution in [1.82, 2.24) is 39.1 Å². The number of aromatic nitrogens is 6. The summed E-state index contributed by atoms with van der Waals surface area (Å²) in [6.07, 6.45) is 7.66. The van der Waals surface area contributed by atoms with Crippen LogP contribution >= 0.6 is 0 Å². The molecule has 0 spiro atoms. The van der Waals surface area contributed by atoms with E-state index in [0.717, 1.165) is 60.9 Å². The average molecular weight is 708 g/mol. The van der Waals surface area contributed by atoms with Gasteiger partial charge in [0.1, 0.15) is 29.2 Å². The summed E-state index contributed by atoms with van der Waals surface area (Å²) in [6.45, 7) is 3.78. The predicted octanol–water partition coefficient (Wildman–Crippen LogP) is 4.58. The topological polar surface area (TPSA) is 149 Å². The molecule has 1 unspecified atom stereocenters. The normalized spacial score (nSPS) is 24.3. The Morgan fingerprint density at radius 2 is 1.85 bits per heavy atom. The number of hydrogen-bond donors (Lipinski definition) is 2. The van der Waals surface area contributed by atoms with Crippen molar-refractivity contribution in [2.45, 2.75) is 76.0 Å². The molecule has 0 radical (unpaired) electrons. The second-order valence-corrected chi connectivity index (χ2v) is 14.6. The fourth-order valence-electron chi connectivity index (χ4n) is 8.49. The van der Waals surface area contributed by atoms with Crippen LogP contribution in [0.15, 0.2) is 59.7 Å². The molecule has 3 amide bonds. The van der Waals surface area contributed by atoms with Crippen LogP contribution in [0.1, 0.15) is 84.7 Å². The lowest BCUT2D eigenvalue weighted by Gasteiger charge is -2.38. The van der Waals surface area contributed by atoms with E-state index < -0.39 is 18.1 Å². The first-order valence-electron chi connectivity index (χ1n) is 18.1. The second-order valence-electron chi connectivity index (χ2n) is 14.6. The second kappa shape index (κ2) is 13.7. The number of rotatable bonds is 7. The Morgan fingerprint density at radius 1 is 1.04 bits per heavy atom. The molecular weight excluding hydrogens is 665 g/mol. The van der Waals surface area contributed by atoms with Crippen LogP contribution in [-0.2, 0) is 16.6 Å². The molecule has 1 aliphatic carbocycles. The number of para-hydroxylation sites is 1. The van der Waals surface area contributed by atoms with Gasteiger partial charge in [-0.3, -0.25) is 33.5 Å². The number of nitrogens with one attached hydrogen (secondary N) is 2. The zero-order chi connectivity index (χ0) is 36.1. The molecule has 6 heterocycles. The third-order valence-electron chi connectivity index (χ3n) is 11.2. The van der Waals surface area contributed by atoms with Crippen molar-refractivity contribution in [1.29, 1.82) is 0 Å². The molecule has 270 valence electrons. The van der Waals surface area contributed by atoms with Gasteiger partial charge in [-0.25, -0.2) is 19.2 Å². The fourth-order valence-corrected chi connectivity index (χ4v) is 8.49. The number of amides is 3. The molecule has 3 atom stereocenters. The van der Waals surface area contributed by atoms with Gasteiger partial charge in [-0.2, -0.15) is 5.10 Å². The Balaban J connectivity index is 0.880. The van der Waals surface area contributed by atoms with E-state index in [4.69, 9.17) is 5.10 Å². The van der Waals surface area contributed by atoms with Crippen LogP contribution in [0.4, 0.5) is 10.2 Å². The van der Waals surface area contributed by atoms with Gasteiger partial charge in [0.05, 0.1) is 23.3 Å². The first-order valence-corrected chi connectivity index (χ1v) is 18.1. The van der Waals surface area contributed by atoms with Crippen LogP contribution in [0.3, 0.4) is 0 Å². The number of likely N-dealkylation sites (tertiary alicyclic amines) is 1. The fraction of sp³-hybridized carbons (Fsp3) is 0.447. The van der Waals surface area contributed by atoms with Gasteiger partial charge in [-0.15, -0.1) is 0 Å². The minimum atomic E-state index is -1.10. The largest absolute Gasteiger partial charge is 0.329 e. The van der Waals surface area contributed by atoms with Gasteiger partial charge < -0.3 is 10.2 Å². The molecule has 0 bridgehead atoms. The highest BCUT2D eigenvalue weighted by Gasteiger charge is 2.36. The van der Waals surface area contributed by atoms with Gasteiger partial charge in [0.15, 0.2) is 0 Å². The zero-order valence-electron chi connectivity index (χ0n) is 29.3. The first kappa shape index (κ1) is 33.9.